The van der Waals surface area contributed by atoms with Gasteiger partial charge >= 0.3 is 0 Å². The molecule has 1 saturated heterocycles. The van der Waals surface area contributed by atoms with E-state index in [9.17, 15) is 4.79 Å². The standard InChI is InChI=1S/C13H23NO2/c1-2-3-7-14(12-4-5-12)9-11-10-16-8-6-13(11)15/h11-12H,2-10H2,1H3. The van der Waals surface area contributed by atoms with Crippen LogP contribution in [0.2, 0.25) is 0 Å². The van der Waals surface area contributed by atoms with Crippen LogP contribution in [-0.4, -0.2) is 43.0 Å². The lowest BCUT2D eigenvalue weighted by molar-refractivity contribution is -0.131. The Bertz CT molecular complexity index is 238. The maximum absolute atomic E-state index is 11.7. The topological polar surface area (TPSA) is 29.5 Å². The zero-order valence-corrected chi connectivity index (χ0v) is 10.3. The first-order valence-corrected chi connectivity index (χ1v) is 6.65. The van der Waals surface area contributed by atoms with Gasteiger partial charge in [-0.05, 0) is 25.8 Å². The fourth-order valence-electron chi connectivity index (χ4n) is 2.36. The maximum atomic E-state index is 11.7. The summed E-state index contributed by atoms with van der Waals surface area (Å²) in [7, 11) is 0. The highest BCUT2D eigenvalue weighted by atomic mass is 16.5. The molecule has 0 radical (unpaired) electrons. The van der Waals surface area contributed by atoms with Crippen molar-refractivity contribution in [3.8, 4) is 0 Å². The Labute approximate surface area is 98.1 Å². The van der Waals surface area contributed by atoms with E-state index in [1.807, 2.05) is 0 Å². The van der Waals surface area contributed by atoms with Gasteiger partial charge in [-0.2, -0.15) is 0 Å². The fourth-order valence-corrected chi connectivity index (χ4v) is 2.36. The minimum atomic E-state index is 0.145. The van der Waals surface area contributed by atoms with Crippen LogP contribution in [0.3, 0.4) is 0 Å². The molecule has 0 N–H and O–H groups in total. The summed E-state index contributed by atoms with van der Waals surface area (Å²) in [6.45, 7) is 5.59. The van der Waals surface area contributed by atoms with Gasteiger partial charge in [0, 0.05) is 19.0 Å². The lowest BCUT2D eigenvalue weighted by Gasteiger charge is -2.28. The van der Waals surface area contributed by atoms with Crippen LogP contribution in [0.25, 0.3) is 0 Å². The molecule has 3 nitrogen and oxygen atoms in total. The minimum absolute atomic E-state index is 0.145. The number of hydrogen-bond donors (Lipinski definition) is 0. The van der Waals surface area contributed by atoms with E-state index in [0.29, 0.717) is 25.4 Å². The Kier molecular flexibility index (Phi) is 4.36. The van der Waals surface area contributed by atoms with Crippen LogP contribution >= 0.6 is 0 Å². The Hall–Kier alpha value is -0.410. The lowest BCUT2D eigenvalue weighted by Crippen LogP contribution is -2.40. The number of nitrogens with zero attached hydrogens (tertiary/aromatic N) is 1. The summed E-state index contributed by atoms with van der Waals surface area (Å²) in [5, 5.41) is 0. The Morgan fingerprint density at radius 1 is 1.44 bits per heavy atom. The molecule has 1 aliphatic carbocycles. The van der Waals surface area contributed by atoms with E-state index in [1.54, 1.807) is 0 Å². The van der Waals surface area contributed by atoms with Crippen LogP contribution < -0.4 is 0 Å². The average molecular weight is 225 g/mol. The van der Waals surface area contributed by atoms with E-state index in [4.69, 9.17) is 4.74 Å². The maximum Gasteiger partial charge on any atom is 0.141 e. The predicted molar refractivity (Wildman–Crippen MR) is 63.4 cm³/mol. The van der Waals surface area contributed by atoms with E-state index in [2.05, 4.69) is 11.8 Å². The first-order valence-electron chi connectivity index (χ1n) is 6.65. The van der Waals surface area contributed by atoms with E-state index in [-0.39, 0.29) is 5.92 Å². The van der Waals surface area contributed by atoms with E-state index in [0.717, 1.165) is 19.1 Å². The highest BCUT2D eigenvalue weighted by Gasteiger charge is 2.32. The Balaban J connectivity index is 1.81. The number of rotatable bonds is 6. The van der Waals surface area contributed by atoms with Gasteiger partial charge in [-0.1, -0.05) is 13.3 Å². The first kappa shape index (κ1) is 12.1. The molecular formula is C13H23NO2. The molecule has 1 aliphatic heterocycles. The van der Waals surface area contributed by atoms with Crippen LogP contribution in [0.15, 0.2) is 0 Å². The van der Waals surface area contributed by atoms with Crippen molar-refractivity contribution in [2.45, 2.75) is 45.1 Å². The number of ketones is 1. The van der Waals surface area contributed by atoms with Crippen molar-refractivity contribution in [2.24, 2.45) is 5.92 Å². The Morgan fingerprint density at radius 2 is 2.25 bits per heavy atom. The second-order valence-corrected chi connectivity index (χ2v) is 5.07. The lowest BCUT2D eigenvalue weighted by atomic mass is 10.00. The summed E-state index contributed by atoms with van der Waals surface area (Å²) in [6.07, 6.45) is 5.75. The van der Waals surface area contributed by atoms with Crippen LogP contribution in [-0.2, 0) is 9.53 Å². The molecule has 0 aromatic carbocycles. The van der Waals surface area contributed by atoms with Gasteiger partial charge in [0.25, 0.3) is 0 Å². The molecule has 0 aromatic rings. The fraction of sp³-hybridized carbons (Fsp3) is 0.923. The third-order valence-electron chi connectivity index (χ3n) is 3.58. The average Bonchev–Trinajstić information content (AvgIpc) is 3.10. The van der Waals surface area contributed by atoms with Crippen LogP contribution in [0, 0.1) is 5.92 Å². The second-order valence-electron chi connectivity index (χ2n) is 5.07. The molecule has 0 spiro atoms. The third-order valence-corrected chi connectivity index (χ3v) is 3.58. The first-order chi connectivity index (χ1) is 7.81. The normalized spacial score (nSPS) is 26.4. The van der Waals surface area contributed by atoms with Crippen LogP contribution in [0.5, 0.6) is 0 Å². The van der Waals surface area contributed by atoms with Crippen LogP contribution in [0.1, 0.15) is 39.0 Å². The van der Waals surface area contributed by atoms with Gasteiger partial charge in [0.15, 0.2) is 0 Å². The molecule has 1 atom stereocenters. The zero-order valence-electron chi connectivity index (χ0n) is 10.3. The largest absolute Gasteiger partial charge is 0.380 e. The van der Waals surface area contributed by atoms with Gasteiger partial charge in [0.1, 0.15) is 5.78 Å². The highest BCUT2D eigenvalue weighted by molar-refractivity contribution is 5.82. The van der Waals surface area contributed by atoms with Crippen molar-refractivity contribution in [2.75, 3.05) is 26.3 Å². The quantitative estimate of drug-likeness (QED) is 0.691. The molecular weight excluding hydrogens is 202 g/mol. The van der Waals surface area contributed by atoms with Crippen LogP contribution in [0.4, 0.5) is 0 Å². The molecule has 16 heavy (non-hydrogen) atoms. The predicted octanol–water partition coefficient (Wildman–Crippen LogP) is 1.86. The molecule has 0 amide bonds. The molecule has 0 aromatic heterocycles. The summed E-state index contributed by atoms with van der Waals surface area (Å²) >= 11 is 0. The third kappa shape index (κ3) is 3.29. The van der Waals surface area contributed by atoms with Gasteiger partial charge in [-0.3, -0.25) is 9.69 Å². The van der Waals surface area contributed by atoms with Gasteiger partial charge < -0.3 is 4.74 Å². The van der Waals surface area contributed by atoms with Gasteiger partial charge in [-0.15, -0.1) is 0 Å². The summed E-state index contributed by atoms with van der Waals surface area (Å²) in [4.78, 5) is 14.3. The van der Waals surface area contributed by atoms with Crippen molar-refractivity contribution >= 4 is 5.78 Å². The van der Waals surface area contributed by atoms with Gasteiger partial charge in [-0.25, -0.2) is 0 Å². The molecule has 1 heterocycles. The van der Waals surface area contributed by atoms with Crippen molar-refractivity contribution < 1.29 is 9.53 Å². The molecule has 2 aliphatic rings. The molecule has 2 fully saturated rings. The zero-order chi connectivity index (χ0) is 11.4. The van der Waals surface area contributed by atoms with Crippen molar-refractivity contribution in [1.82, 2.24) is 4.90 Å². The number of unbranched alkanes of at least 4 members (excludes halogenated alkanes) is 1. The van der Waals surface area contributed by atoms with Gasteiger partial charge in [0.2, 0.25) is 0 Å². The summed E-state index contributed by atoms with van der Waals surface area (Å²) in [5.41, 5.74) is 0. The number of carbonyl (C=O) groups is 1. The number of hydrogen-bond acceptors (Lipinski definition) is 3. The summed E-state index contributed by atoms with van der Waals surface area (Å²) < 4.78 is 5.41. The van der Waals surface area contributed by atoms with Crippen molar-refractivity contribution in [3.63, 3.8) is 0 Å². The van der Waals surface area contributed by atoms with E-state index in [1.165, 1.54) is 25.7 Å². The number of carbonyl (C=O) groups excluding carboxylic acids is 1. The molecule has 3 heteroatoms. The SMILES string of the molecule is CCCCN(CC1COCCC1=O)C1CC1. The van der Waals surface area contributed by atoms with E-state index < -0.39 is 0 Å². The molecule has 0 bridgehead atoms. The summed E-state index contributed by atoms with van der Waals surface area (Å²) in [6, 6.07) is 0.765. The van der Waals surface area contributed by atoms with Crippen molar-refractivity contribution in [3.05, 3.63) is 0 Å². The monoisotopic (exact) mass is 225 g/mol. The summed E-state index contributed by atoms with van der Waals surface area (Å²) in [5.74, 6) is 0.555. The van der Waals surface area contributed by atoms with Crippen molar-refractivity contribution in [1.29, 1.82) is 0 Å². The smallest absolute Gasteiger partial charge is 0.141 e. The van der Waals surface area contributed by atoms with Gasteiger partial charge in [0.05, 0.1) is 19.1 Å². The number of ether oxygens (including phenoxy) is 1. The molecule has 1 saturated carbocycles. The highest BCUT2D eigenvalue weighted by Crippen LogP contribution is 2.28. The molecule has 2 rings (SSSR count). The minimum Gasteiger partial charge on any atom is -0.380 e. The Morgan fingerprint density at radius 3 is 2.88 bits per heavy atom. The van der Waals surface area contributed by atoms with E-state index >= 15 is 0 Å². The number of Topliss-reactive ketones (excluding diaryl/α,β-unsaturated/α-hetero) is 1. The molecule has 1 unspecified atom stereocenters. The second kappa shape index (κ2) is 5.78. The molecule has 92 valence electrons.